The lowest BCUT2D eigenvalue weighted by molar-refractivity contribution is 0.737. The monoisotopic (exact) mass is 177 g/mol. The summed E-state index contributed by atoms with van der Waals surface area (Å²) in [5.41, 5.74) is 12.2. The molecule has 0 radical (unpaired) electrons. The molecule has 0 fully saturated rings. The summed E-state index contributed by atoms with van der Waals surface area (Å²) in [5, 5.41) is 0. The van der Waals surface area contributed by atoms with Gasteiger partial charge in [0, 0.05) is 6.54 Å². The largest absolute Gasteiger partial charge is 0.388 e. The molecule has 1 aromatic carbocycles. The summed E-state index contributed by atoms with van der Waals surface area (Å²) in [5.74, 6) is 0.569. The molecule has 0 aromatic heterocycles. The fourth-order valence-corrected chi connectivity index (χ4v) is 1.18. The second kappa shape index (κ2) is 4.62. The van der Waals surface area contributed by atoms with Crippen LogP contribution in [-0.2, 0) is 0 Å². The number of aliphatic imine (C=N–C) groups is 1. The van der Waals surface area contributed by atoms with Crippen LogP contribution in [0.5, 0.6) is 0 Å². The average Bonchev–Trinajstić information content (AvgIpc) is 2.15. The van der Waals surface area contributed by atoms with Gasteiger partial charge in [0.1, 0.15) is 0 Å². The smallest absolute Gasteiger partial charge is 0.0913 e. The van der Waals surface area contributed by atoms with Crippen molar-refractivity contribution < 1.29 is 0 Å². The fraction of sp³-hybridized carbons (Fsp3) is 0.300. The van der Waals surface area contributed by atoms with Gasteiger partial charge < -0.3 is 11.5 Å². The molecular formula is C10H15N3. The number of hydrogen-bond donors (Lipinski definition) is 2. The van der Waals surface area contributed by atoms with Crippen molar-refractivity contribution >= 4 is 5.84 Å². The van der Waals surface area contributed by atoms with Gasteiger partial charge in [-0.1, -0.05) is 30.3 Å². The Bertz CT molecular complexity index is 275. The van der Waals surface area contributed by atoms with Crippen molar-refractivity contribution in [3.63, 3.8) is 0 Å². The van der Waals surface area contributed by atoms with Crippen molar-refractivity contribution in [2.45, 2.75) is 13.0 Å². The van der Waals surface area contributed by atoms with E-state index in [1.165, 1.54) is 0 Å². The van der Waals surface area contributed by atoms with Gasteiger partial charge in [-0.05, 0) is 12.5 Å². The maximum Gasteiger partial charge on any atom is 0.0913 e. The Labute approximate surface area is 78.5 Å². The number of amidine groups is 1. The van der Waals surface area contributed by atoms with E-state index in [-0.39, 0.29) is 6.04 Å². The van der Waals surface area contributed by atoms with Crippen LogP contribution in [0.3, 0.4) is 0 Å². The molecule has 0 aliphatic heterocycles. The van der Waals surface area contributed by atoms with Crippen molar-refractivity contribution in [1.29, 1.82) is 0 Å². The number of hydrogen-bond acceptors (Lipinski definition) is 2. The van der Waals surface area contributed by atoms with Crippen molar-refractivity contribution in [3.05, 3.63) is 35.9 Å². The lowest BCUT2D eigenvalue weighted by atomic mass is 10.1. The van der Waals surface area contributed by atoms with E-state index in [0.717, 1.165) is 5.56 Å². The lowest BCUT2D eigenvalue weighted by Gasteiger charge is -2.10. The number of benzene rings is 1. The van der Waals surface area contributed by atoms with Crippen molar-refractivity contribution in [3.8, 4) is 0 Å². The lowest BCUT2D eigenvalue weighted by Crippen LogP contribution is -2.15. The fourth-order valence-electron chi connectivity index (χ4n) is 1.18. The third-order valence-electron chi connectivity index (χ3n) is 1.77. The van der Waals surface area contributed by atoms with Crippen LogP contribution < -0.4 is 11.5 Å². The predicted molar refractivity (Wildman–Crippen MR) is 55.5 cm³/mol. The molecular weight excluding hydrogens is 162 g/mol. The predicted octanol–water partition coefficient (Wildman–Crippen LogP) is 1.06. The van der Waals surface area contributed by atoms with Gasteiger partial charge in [-0.2, -0.15) is 0 Å². The molecule has 3 heteroatoms. The summed E-state index contributed by atoms with van der Waals surface area (Å²) in [4.78, 5) is 4.24. The Morgan fingerprint density at radius 1 is 1.38 bits per heavy atom. The van der Waals surface area contributed by atoms with E-state index in [9.17, 15) is 0 Å². The van der Waals surface area contributed by atoms with E-state index in [1.807, 2.05) is 30.3 Å². The highest BCUT2D eigenvalue weighted by Gasteiger charge is 2.05. The molecule has 0 heterocycles. The highest BCUT2D eigenvalue weighted by Crippen LogP contribution is 2.14. The van der Waals surface area contributed by atoms with E-state index >= 15 is 0 Å². The van der Waals surface area contributed by atoms with Crippen LogP contribution in [0.15, 0.2) is 35.3 Å². The maximum absolute atomic E-state index is 5.59. The van der Waals surface area contributed by atoms with Crippen LogP contribution in [0, 0.1) is 0 Å². The van der Waals surface area contributed by atoms with Crippen LogP contribution in [-0.4, -0.2) is 12.4 Å². The quantitative estimate of drug-likeness (QED) is 0.535. The van der Waals surface area contributed by atoms with Crippen LogP contribution in [0.4, 0.5) is 0 Å². The van der Waals surface area contributed by atoms with Gasteiger partial charge >= 0.3 is 0 Å². The summed E-state index contributed by atoms with van der Waals surface area (Å²) < 4.78 is 0. The second-order valence-corrected chi connectivity index (χ2v) is 2.93. The second-order valence-electron chi connectivity index (χ2n) is 2.93. The average molecular weight is 177 g/mol. The van der Waals surface area contributed by atoms with Gasteiger partial charge in [-0.15, -0.1) is 0 Å². The standard InChI is InChI=1S/C10H15N3/c1-8(12)13-10(7-11)9-5-3-2-4-6-9/h2-6,10H,7,11H2,1H3,(H2,12,13). The molecule has 4 N–H and O–H groups in total. The molecule has 3 nitrogen and oxygen atoms in total. The summed E-state index contributed by atoms with van der Waals surface area (Å²) in [6, 6.07) is 9.91. The molecule has 0 saturated carbocycles. The Kier molecular flexibility index (Phi) is 3.46. The molecule has 1 rings (SSSR count). The minimum atomic E-state index is -0.00815. The number of rotatable bonds is 3. The van der Waals surface area contributed by atoms with Gasteiger partial charge in [0.15, 0.2) is 0 Å². The van der Waals surface area contributed by atoms with Gasteiger partial charge in [-0.25, -0.2) is 0 Å². The molecule has 0 aliphatic carbocycles. The Morgan fingerprint density at radius 2 is 2.00 bits per heavy atom. The van der Waals surface area contributed by atoms with Crippen LogP contribution in [0.25, 0.3) is 0 Å². The third kappa shape index (κ3) is 2.87. The van der Waals surface area contributed by atoms with E-state index in [0.29, 0.717) is 12.4 Å². The highest BCUT2D eigenvalue weighted by atomic mass is 14.9. The number of nitrogens with two attached hydrogens (primary N) is 2. The van der Waals surface area contributed by atoms with Crippen LogP contribution in [0.2, 0.25) is 0 Å². The zero-order valence-corrected chi connectivity index (χ0v) is 7.77. The van der Waals surface area contributed by atoms with Gasteiger partial charge in [0.05, 0.1) is 11.9 Å². The first-order valence-electron chi connectivity index (χ1n) is 4.29. The molecule has 13 heavy (non-hydrogen) atoms. The Morgan fingerprint density at radius 3 is 2.46 bits per heavy atom. The summed E-state index contributed by atoms with van der Waals surface area (Å²) in [6.45, 7) is 2.25. The van der Waals surface area contributed by atoms with Gasteiger partial charge in [0.25, 0.3) is 0 Å². The minimum Gasteiger partial charge on any atom is -0.388 e. The van der Waals surface area contributed by atoms with Crippen LogP contribution >= 0.6 is 0 Å². The first-order chi connectivity index (χ1) is 6.24. The molecule has 1 unspecified atom stereocenters. The Balaban J connectivity index is 2.85. The summed E-state index contributed by atoms with van der Waals surface area (Å²) in [6.07, 6.45) is 0. The maximum atomic E-state index is 5.59. The molecule has 70 valence electrons. The zero-order chi connectivity index (χ0) is 9.68. The summed E-state index contributed by atoms with van der Waals surface area (Å²) >= 11 is 0. The molecule has 0 amide bonds. The van der Waals surface area contributed by atoms with E-state index in [2.05, 4.69) is 4.99 Å². The minimum absolute atomic E-state index is 0.00815. The first-order valence-corrected chi connectivity index (χ1v) is 4.29. The van der Waals surface area contributed by atoms with Gasteiger partial charge in [-0.3, -0.25) is 4.99 Å². The summed E-state index contributed by atoms with van der Waals surface area (Å²) in [7, 11) is 0. The van der Waals surface area contributed by atoms with Gasteiger partial charge in [0.2, 0.25) is 0 Å². The zero-order valence-electron chi connectivity index (χ0n) is 7.77. The third-order valence-corrected chi connectivity index (χ3v) is 1.77. The van der Waals surface area contributed by atoms with Crippen molar-refractivity contribution in [1.82, 2.24) is 0 Å². The molecule has 0 bridgehead atoms. The van der Waals surface area contributed by atoms with E-state index in [1.54, 1.807) is 6.92 Å². The highest BCUT2D eigenvalue weighted by molar-refractivity contribution is 5.77. The number of nitrogens with zero attached hydrogens (tertiary/aromatic N) is 1. The SMILES string of the molecule is CC(N)=NC(CN)c1ccccc1. The van der Waals surface area contributed by atoms with Crippen molar-refractivity contribution in [2.24, 2.45) is 16.5 Å². The topological polar surface area (TPSA) is 64.4 Å². The molecule has 1 atom stereocenters. The molecule has 1 aromatic rings. The van der Waals surface area contributed by atoms with E-state index in [4.69, 9.17) is 11.5 Å². The van der Waals surface area contributed by atoms with Crippen molar-refractivity contribution in [2.75, 3.05) is 6.54 Å². The molecule has 0 aliphatic rings. The molecule has 0 spiro atoms. The van der Waals surface area contributed by atoms with Crippen LogP contribution in [0.1, 0.15) is 18.5 Å². The normalized spacial score (nSPS) is 14.2. The van der Waals surface area contributed by atoms with E-state index < -0.39 is 0 Å². The molecule has 0 saturated heterocycles. The first kappa shape index (κ1) is 9.74. The Hall–Kier alpha value is -1.35.